The maximum Gasteiger partial charge on any atom is 0.287 e. The van der Waals surface area contributed by atoms with E-state index < -0.39 is 5.91 Å². The SMILES string of the molecule is O=C(N/N=C/c1coc2ccccc2c1=O)c1cc2ccccc2[nH]1. The number of hydrogen-bond acceptors (Lipinski definition) is 4. The quantitative estimate of drug-likeness (QED) is 0.447. The van der Waals surface area contributed by atoms with Gasteiger partial charge in [0.25, 0.3) is 5.91 Å². The lowest BCUT2D eigenvalue weighted by molar-refractivity contribution is 0.0951. The van der Waals surface area contributed by atoms with Gasteiger partial charge in [-0.3, -0.25) is 9.59 Å². The van der Waals surface area contributed by atoms with Gasteiger partial charge in [0.05, 0.1) is 17.2 Å². The van der Waals surface area contributed by atoms with Gasteiger partial charge in [-0.25, -0.2) is 5.43 Å². The normalized spacial score (nSPS) is 11.4. The minimum atomic E-state index is -0.391. The Labute approximate surface area is 141 Å². The van der Waals surface area contributed by atoms with E-state index in [1.807, 2.05) is 24.3 Å². The molecule has 122 valence electrons. The smallest absolute Gasteiger partial charge is 0.287 e. The van der Waals surface area contributed by atoms with Crippen molar-refractivity contribution in [2.45, 2.75) is 0 Å². The zero-order valence-corrected chi connectivity index (χ0v) is 13.0. The van der Waals surface area contributed by atoms with E-state index in [1.54, 1.807) is 30.3 Å². The average molecular weight is 331 g/mol. The molecule has 0 spiro atoms. The number of benzene rings is 2. The third-order valence-electron chi connectivity index (χ3n) is 3.85. The first-order valence-corrected chi connectivity index (χ1v) is 7.64. The lowest BCUT2D eigenvalue weighted by Crippen LogP contribution is -2.18. The van der Waals surface area contributed by atoms with Crippen LogP contribution in [0.1, 0.15) is 16.1 Å². The zero-order chi connectivity index (χ0) is 17.2. The number of aromatic amines is 1. The number of nitrogens with zero attached hydrogens (tertiary/aromatic N) is 1. The largest absolute Gasteiger partial charge is 0.463 e. The molecule has 0 saturated heterocycles. The second-order valence-corrected chi connectivity index (χ2v) is 5.49. The van der Waals surface area contributed by atoms with E-state index in [9.17, 15) is 9.59 Å². The number of amides is 1. The molecule has 2 aromatic heterocycles. The van der Waals surface area contributed by atoms with Crippen LogP contribution in [0.15, 0.2) is 75.2 Å². The fourth-order valence-corrected chi connectivity index (χ4v) is 2.60. The van der Waals surface area contributed by atoms with Gasteiger partial charge in [0.15, 0.2) is 0 Å². The third-order valence-corrected chi connectivity index (χ3v) is 3.85. The molecule has 2 aromatic carbocycles. The molecule has 0 saturated carbocycles. The fraction of sp³-hybridized carbons (Fsp3) is 0. The molecule has 2 N–H and O–H groups in total. The van der Waals surface area contributed by atoms with Gasteiger partial charge in [-0.1, -0.05) is 30.3 Å². The topological polar surface area (TPSA) is 87.5 Å². The predicted molar refractivity (Wildman–Crippen MR) is 95.8 cm³/mol. The molecule has 0 atom stereocenters. The van der Waals surface area contributed by atoms with Crippen molar-refractivity contribution in [3.05, 3.63) is 82.3 Å². The number of hydrazone groups is 1. The lowest BCUT2D eigenvalue weighted by atomic mass is 10.2. The Morgan fingerprint density at radius 3 is 2.80 bits per heavy atom. The highest BCUT2D eigenvalue weighted by Crippen LogP contribution is 2.14. The molecular formula is C19H13N3O3. The molecule has 4 aromatic rings. The van der Waals surface area contributed by atoms with Gasteiger partial charge in [-0.05, 0) is 24.3 Å². The van der Waals surface area contributed by atoms with Crippen molar-refractivity contribution < 1.29 is 9.21 Å². The summed E-state index contributed by atoms with van der Waals surface area (Å²) in [5, 5.41) is 5.25. The number of nitrogens with one attached hydrogen (secondary N) is 2. The van der Waals surface area contributed by atoms with Crippen LogP contribution in [0.25, 0.3) is 21.9 Å². The molecule has 0 unspecified atom stereocenters. The number of rotatable bonds is 3. The van der Waals surface area contributed by atoms with Crippen molar-refractivity contribution in [3.8, 4) is 0 Å². The molecule has 4 rings (SSSR count). The molecule has 0 aliphatic heterocycles. The first-order chi connectivity index (χ1) is 12.2. The highest BCUT2D eigenvalue weighted by molar-refractivity contribution is 5.98. The van der Waals surface area contributed by atoms with Crippen molar-refractivity contribution in [2.24, 2.45) is 5.10 Å². The molecule has 0 aliphatic carbocycles. The fourth-order valence-electron chi connectivity index (χ4n) is 2.60. The Kier molecular flexibility index (Phi) is 3.63. The maximum absolute atomic E-state index is 12.3. The minimum absolute atomic E-state index is 0.203. The van der Waals surface area contributed by atoms with Crippen molar-refractivity contribution in [1.82, 2.24) is 10.4 Å². The van der Waals surface area contributed by atoms with Crippen LogP contribution < -0.4 is 10.9 Å². The highest BCUT2D eigenvalue weighted by Gasteiger charge is 2.08. The van der Waals surface area contributed by atoms with E-state index in [0.29, 0.717) is 16.7 Å². The number of fused-ring (bicyclic) bond motifs is 2. The predicted octanol–water partition coefficient (Wildman–Crippen LogP) is 3.04. The van der Waals surface area contributed by atoms with E-state index in [2.05, 4.69) is 15.5 Å². The number of para-hydroxylation sites is 2. The number of hydrogen-bond donors (Lipinski definition) is 2. The molecule has 25 heavy (non-hydrogen) atoms. The summed E-state index contributed by atoms with van der Waals surface area (Å²) in [7, 11) is 0. The molecule has 0 bridgehead atoms. The van der Waals surface area contributed by atoms with Crippen LogP contribution in [0.4, 0.5) is 0 Å². The second-order valence-electron chi connectivity index (χ2n) is 5.49. The van der Waals surface area contributed by atoms with Gasteiger partial charge < -0.3 is 9.40 Å². The van der Waals surface area contributed by atoms with Crippen LogP contribution in [0.5, 0.6) is 0 Å². The van der Waals surface area contributed by atoms with E-state index in [4.69, 9.17) is 4.42 Å². The molecule has 0 fully saturated rings. The first-order valence-electron chi connectivity index (χ1n) is 7.64. The zero-order valence-electron chi connectivity index (χ0n) is 13.0. The Morgan fingerprint density at radius 1 is 1.12 bits per heavy atom. The Balaban J connectivity index is 1.55. The van der Waals surface area contributed by atoms with Crippen molar-refractivity contribution >= 4 is 34.0 Å². The summed E-state index contributed by atoms with van der Waals surface area (Å²) in [6.07, 6.45) is 2.60. The summed E-state index contributed by atoms with van der Waals surface area (Å²) in [4.78, 5) is 27.5. The maximum atomic E-state index is 12.3. The number of carbonyl (C=O) groups is 1. The van der Waals surface area contributed by atoms with E-state index in [0.717, 1.165) is 10.9 Å². The molecule has 6 nitrogen and oxygen atoms in total. The third kappa shape index (κ3) is 2.81. The molecular weight excluding hydrogens is 318 g/mol. The molecule has 6 heteroatoms. The first kappa shape index (κ1) is 14.9. The van der Waals surface area contributed by atoms with Gasteiger partial charge in [-0.2, -0.15) is 5.10 Å². The number of carbonyl (C=O) groups excluding carboxylic acids is 1. The monoisotopic (exact) mass is 331 g/mol. The van der Waals surface area contributed by atoms with E-state index in [1.165, 1.54) is 12.5 Å². The molecule has 0 aliphatic rings. The van der Waals surface area contributed by atoms with Crippen LogP contribution >= 0.6 is 0 Å². The molecule has 0 radical (unpaired) electrons. The van der Waals surface area contributed by atoms with Crippen LogP contribution in [-0.2, 0) is 0 Å². The van der Waals surface area contributed by atoms with Crippen LogP contribution in [0.3, 0.4) is 0 Å². The van der Waals surface area contributed by atoms with Crippen LogP contribution in [0.2, 0.25) is 0 Å². The number of aromatic nitrogens is 1. The lowest BCUT2D eigenvalue weighted by Gasteiger charge is -1.98. The van der Waals surface area contributed by atoms with Crippen molar-refractivity contribution in [3.63, 3.8) is 0 Å². The Morgan fingerprint density at radius 2 is 1.92 bits per heavy atom. The number of H-pyrrole nitrogens is 1. The average Bonchev–Trinajstić information content (AvgIpc) is 3.08. The van der Waals surface area contributed by atoms with Gasteiger partial charge in [0.1, 0.15) is 17.5 Å². The summed E-state index contributed by atoms with van der Waals surface area (Å²) >= 11 is 0. The van der Waals surface area contributed by atoms with Crippen LogP contribution in [0, 0.1) is 0 Å². The summed E-state index contributed by atoms with van der Waals surface area (Å²) in [6.45, 7) is 0. The van der Waals surface area contributed by atoms with Crippen LogP contribution in [-0.4, -0.2) is 17.1 Å². The molecule has 1 amide bonds. The minimum Gasteiger partial charge on any atom is -0.463 e. The summed E-state index contributed by atoms with van der Waals surface area (Å²) in [5.74, 6) is -0.391. The van der Waals surface area contributed by atoms with Gasteiger partial charge in [0, 0.05) is 10.9 Å². The molecule has 2 heterocycles. The second kappa shape index (κ2) is 6.09. The Bertz CT molecular complexity index is 1140. The summed E-state index contributed by atoms with van der Waals surface area (Å²) in [6, 6.07) is 16.3. The van der Waals surface area contributed by atoms with E-state index >= 15 is 0 Å². The summed E-state index contributed by atoms with van der Waals surface area (Å²) < 4.78 is 5.40. The van der Waals surface area contributed by atoms with Gasteiger partial charge >= 0.3 is 0 Å². The standard InChI is InChI=1S/C19H13N3O3/c23-18-13(11-25-17-8-4-2-6-14(17)18)10-20-22-19(24)16-9-12-5-1-3-7-15(12)21-16/h1-11,21H,(H,22,24)/b20-10+. The van der Waals surface area contributed by atoms with Crippen molar-refractivity contribution in [1.29, 1.82) is 0 Å². The Hall–Kier alpha value is -3.67. The summed E-state index contributed by atoms with van der Waals surface area (Å²) in [5.41, 5.74) is 4.23. The van der Waals surface area contributed by atoms with Gasteiger partial charge in [0.2, 0.25) is 5.43 Å². The van der Waals surface area contributed by atoms with Gasteiger partial charge in [-0.15, -0.1) is 0 Å². The highest BCUT2D eigenvalue weighted by atomic mass is 16.3. The van der Waals surface area contributed by atoms with Crippen molar-refractivity contribution in [2.75, 3.05) is 0 Å². The van der Waals surface area contributed by atoms with E-state index in [-0.39, 0.29) is 11.0 Å².